The summed E-state index contributed by atoms with van der Waals surface area (Å²) in [6, 6.07) is 0. The standard InChI is InChI=1S/C12H21N3O2S2/c1-2-6-13-7-3-8-19(16,17)15-12-14-11(9-18-12)10-4-5-10/h9-10,13H,2-8H2,1H3,(H,14,15). The number of sulfonamides is 1. The van der Waals surface area contributed by atoms with Crippen molar-refractivity contribution in [2.24, 2.45) is 0 Å². The molecule has 0 radical (unpaired) electrons. The molecule has 0 unspecified atom stereocenters. The second-order valence-corrected chi connectivity index (χ2v) is 7.58. The molecule has 0 atom stereocenters. The minimum absolute atomic E-state index is 0.141. The summed E-state index contributed by atoms with van der Waals surface area (Å²) in [7, 11) is -3.26. The first kappa shape index (κ1) is 14.7. The molecular weight excluding hydrogens is 282 g/mol. The van der Waals surface area contributed by atoms with E-state index in [1.807, 2.05) is 5.38 Å². The van der Waals surface area contributed by atoms with E-state index in [4.69, 9.17) is 0 Å². The molecule has 1 aliphatic carbocycles. The van der Waals surface area contributed by atoms with Crippen LogP contribution in [-0.4, -0.2) is 32.2 Å². The molecule has 2 rings (SSSR count). The number of aromatic nitrogens is 1. The molecule has 5 nitrogen and oxygen atoms in total. The second kappa shape index (κ2) is 6.67. The largest absolute Gasteiger partial charge is 0.317 e. The average Bonchev–Trinajstić information content (AvgIpc) is 3.10. The van der Waals surface area contributed by atoms with E-state index in [1.165, 1.54) is 24.2 Å². The van der Waals surface area contributed by atoms with Crippen molar-refractivity contribution in [1.82, 2.24) is 10.3 Å². The third-order valence-electron chi connectivity index (χ3n) is 2.95. The Morgan fingerprint density at radius 1 is 1.42 bits per heavy atom. The summed E-state index contributed by atoms with van der Waals surface area (Å²) in [5.41, 5.74) is 1.03. The normalized spacial score (nSPS) is 15.6. The Morgan fingerprint density at radius 2 is 2.21 bits per heavy atom. The van der Waals surface area contributed by atoms with Gasteiger partial charge in [0.15, 0.2) is 5.13 Å². The lowest BCUT2D eigenvalue weighted by atomic mass is 10.3. The van der Waals surface area contributed by atoms with Gasteiger partial charge in [-0.15, -0.1) is 11.3 Å². The molecule has 0 saturated heterocycles. The number of hydrogen-bond acceptors (Lipinski definition) is 5. The van der Waals surface area contributed by atoms with Crippen LogP contribution in [0.1, 0.15) is 44.2 Å². The Morgan fingerprint density at radius 3 is 2.89 bits per heavy atom. The first-order chi connectivity index (χ1) is 9.11. The lowest BCUT2D eigenvalue weighted by molar-refractivity contribution is 0.593. The lowest BCUT2D eigenvalue weighted by Gasteiger charge is -2.05. The number of anilines is 1. The summed E-state index contributed by atoms with van der Waals surface area (Å²) >= 11 is 1.38. The summed E-state index contributed by atoms with van der Waals surface area (Å²) in [4.78, 5) is 4.33. The topological polar surface area (TPSA) is 71.1 Å². The molecule has 0 bridgehead atoms. The third kappa shape index (κ3) is 5.08. The molecule has 7 heteroatoms. The lowest BCUT2D eigenvalue weighted by Crippen LogP contribution is -2.22. The quantitative estimate of drug-likeness (QED) is 0.686. The van der Waals surface area contributed by atoms with Gasteiger partial charge in [-0.05, 0) is 38.8 Å². The van der Waals surface area contributed by atoms with Crippen LogP contribution in [0.15, 0.2) is 5.38 Å². The molecule has 1 aromatic rings. The minimum Gasteiger partial charge on any atom is -0.317 e. The number of nitrogens with one attached hydrogen (secondary N) is 2. The van der Waals surface area contributed by atoms with Crippen molar-refractivity contribution in [2.75, 3.05) is 23.6 Å². The van der Waals surface area contributed by atoms with E-state index < -0.39 is 10.0 Å². The van der Waals surface area contributed by atoms with Gasteiger partial charge in [0.25, 0.3) is 0 Å². The van der Waals surface area contributed by atoms with Gasteiger partial charge < -0.3 is 5.32 Å². The van der Waals surface area contributed by atoms with E-state index in [1.54, 1.807) is 0 Å². The highest BCUT2D eigenvalue weighted by atomic mass is 32.2. The Labute approximate surface area is 118 Å². The molecule has 1 aromatic heterocycles. The molecule has 19 heavy (non-hydrogen) atoms. The smallest absolute Gasteiger partial charge is 0.234 e. The molecule has 0 spiro atoms. The number of nitrogens with zero attached hydrogens (tertiary/aromatic N) is 1. The van der Waals surface area contributed by atoms with Crippen LogP contribution >= 0.6 is 11.3 Å². The molecule has 1 fully saturated rings. The minimum atomic E-state index is -3.26. The van der Waals surface area contributed by atoms with Gasteiger partial charge >= 0.3 is 0 Å². The molecule has 1 aliphatic rings. The average molecular weight is 303 g/mol. The van der Waals surface area contributed by atoms with E-state index in [0.717, 1.165) is 25.2 Å². The molecule has 0 aliphatic heterocycles. The second-order valence-electron chi connectivity index (χ2n) is 4.88. The van der Waals surface area contributed by atoms with Crippen LogP contribution in [0.4, 0.5) is 5.13 Å². The zero-order valence-corrected chi connectivity index (χ0v) is 12.8. The van der Waals surface area contributed by atoms with Crippen LogP contribution in [0.25, 0.3) is 0 Å². The fraction of sp³-hybridized carbons (Fsp3) is 0.750. The predicted octanol–water partition coefficient (Wildman–Crippen LogP) is 2.15. The molecule has 108 valence electrons. The van der Waals surface area contributed by atoms with Gasteiger partial charge in [-0.25, -0.2) is 13.4 Å². The summed E-state index contributed by atoms with van der Waals surface area (Å²) in [5.74, 6) is 0.704. The van der Waals surface area contributed by atoms with Gasteiger partial charge in [0.05, 0.1) is 11.4 Å². The van der Waals surface area contributed by atoms with E-state index in [2.05, 4.69) is 21.9 Å². The number of thiazole rings is 1. The van der Waals surface area contributed by atoms with Crippen molar-refractivity contribution >= 4 is 26.5 Å². The van der Waals surface area contributed by atoms with Crippen molar-refractivity contribution in [3.8, 4) is 0 Å². The number of hydrogen-bond donors (Lipinski definition) is 2. The zero-order valence-electron chi connectivity index (χ0n) is 11.2. The van der Waals surface area contributed by atoms with Crippen molar-refractivity contribution < 1.29 is 8.42 Å². The van der Waals surface area contributed by atoms with Gasteiger partial charge in [0, 0.05) is 11.3 Å². The first-order valence-electron chi connectivity index (χ1n) is 6.77. The zero-order chi connectivity index (χ0) is 13.7. The third-order valence-corrected chi connectivity index (χ3v) is 5.19. The molecule has 2 N–H and O–H groups in total. The highest BCUT2D eigenvalue weighted by Gasteiger charge is 2.26. The highest BCUT2D eigenvalue weighted by molar-refractivity contribution is 7.92. The Hall–Kier alpha value is -0.660. The molecular formula is C12H21N3O2S2. The van der Waals surface area contributed by atoms with Crippen molar-refractivity contribution in [1.29, 1.82) is 0 Å². The fourth-order valence-corrected chi connectivity index (χ4v) is 3.92. The maximum atomic E-state index is 11.9. The van der Waals surface area contributed by atoms with Gasteiger partial charge in [-0.2, -0.15) is 0 Å². The van der Waals surface area contributed by atoms with Gasteiger partial charge in [0.1, 0.15) is 0 Å². The first-order valence-corrected chi connectivity index (χ1v) is 9.30. The van der Waals surface area contributed by atoms with Crippen molar-refractivity contribution in [3.05, 3.63) is 11.1 Å². The van der Waals surface area contributed by atoms with Gasteiger partial charge in [-0.3, -0.25) is 4.72 Å². The molecule has 1 saturated carbocycles. The van der Waals surface area contributed by atoms with Crippen molar-refractivity contribution in [2.45, 2.75) is 38.5 Å². The van der Waals surface area contributed by atoms with Crippen LogP contribution in [0.3, 0.4) is 0 Å². The summed E-state index contributed by atoms with van der Waals surface area (Å²) in [5, 5.41) is 5.65. The molecule has 0 aromatic carbocycles. The Balaban J connectivity index is 1.75. The van der Waals surface area contributed by atoms with Crippen LogP contribution < -0.4 is 10.0 Å². The van der Waals surface area contributed by atoms with Crippen LogP contribution in [0.5, 0.6) is 0 Å². The van der Waals surface area contributed by atoms with Crippen LogP contribution in [0, 0.1) is 0 Å². The van der Waals surface area contributed by atoms with Crippen LogP contribution in [-0.2, 0) is 10.0 Å². The van der Waals surface area contributed by atoms with Crippen molar-refractivity contribution in [3.63, 3.8) is 0 Å². The van der Waals surface area contributed by atoms with Crippen LogP contribution in [0.2, 0.25) is 0 Å². The van der Waals surface area contributed by atoms with E-state index in [0.29, 0.717) is 17.5 Å². The van der Waals surface area contributed by atoms with E-state index in [9.17, 15) is 8.42 Å². The SMILES string of the molecule is CCCNCCCS(=O)(=O)Nc1nc(C2CC2)cs1. The van der Waals surface area contributed by atoms with E-state index >= 15 is 0 Å². The predicted molar refractivity (Wildman–Crippen MR) is 79.3 cm³/mol. The highest BCUT2D eigenvalue weighted by Crippen LogP contribution is 2.40. The summed E-state index contributed by atoms with van der Waals surface area (Å²) < 4.78 is 26.3. The van der Waals surface area contributed by atoms with Gasteiger partial charge in [-0.1, -0.05) is 6.92 Å². The maximum absolute atomic E-state index is 11.9. The Bertz CT molecular complexity index is 495. The number of rotatable bonds is 9. The maximum Gasteiger partial charge on any atom is 0.234 e. The fourth-order valence-electron chi connectivity index (χ4n) is 1.77. The summed E-state index contributed by atoms with van der Waals surface area (Å²) in [6.45, 7) is 3.76. The molecule has 1 heterocycles. The molecule has 0 amide bonds. The van der Waals surface area contributed by atoms with E-state index in [-0.39, 0.29) is 5.75 Å². The Kier molecular flexibility index (Phi) is 5.18. The monoisotopic (exact) mass is 303 g/mol. The van der Waals surface area contributed by atoms with Gasteiger partial charge in [0.2, 0.25) is 10.0 Å². The summed E-state index contributed by atoms with van der Waals surface area (Å²) in [6.07, 6.45) is 4.04.